The lowest BCUT2D eigenvalue weighted by Crippen LogP contribution is -2.47. The Kier molecular flexibility index (Phi) is 4.24. The van der Waals surface area contributed by atoms with Gasteiger partial charge in [-0.2, -0.15) is 0 Å². The monoisotopic (exact) mass is 265 g/mol. The molecule has 0 spiro atoms. The highest BCUT2D eigenvalue weighted by molar-refractivity contribution is 5.85. The highest BCUT2D eigenvalue weighted by Gasteiger charge is 2.40. The molecule has 0 aromatic carbocycles. The van der Waals surface area contributed by atoms with Crippen LogP contribution in [0.5, 0.6) is 0 Å². The second-order valence-electron chi connectivity index (χ2n) is 5.36. The number of carbonyl (C=O) groups excluding carboxylic acids is 1. The standard InChI is InChI=1S/C14H23N3O2/c1-4-8-17(11-12-15-7-9-16(12)3)13(18)14(2)6-5-10-19-14/h7,9H,4-6,8,10-11H2,1-3H3. The maximum atomic E-state index is 12.7. The molecule has 0 saturated carbocycles. The molecule has 0 bridgehead atoms. The highest BCUT2D eigenvalue weighted by atomic mass is 16.5. The van der Waals surface area contributed by atoms with E-state index < -0.39 is 5.60 Å². The van der Waals surface area contributed by atoms with Crippen LogP contribution < -0.4 is 0 Å². The van der Waals surface area contributed by atoms with Gasteiger partial charge in [-0.25, -0.2) is 4.98 Å². The molecule has 1 saturated heterocycles. The molecule has 2 rings (SSSR count). The maximum absolute atomic E-state index is 12.7. The van der Waals surface area contributed by atoms with E-state index in [-0.39, 0.29) is 5.91 Å². The summed E-state index contributed by atoms with van der Waals surface area (Å²) < 4.78 is 7.61. The molecule has 106 valence electrons. The van der Waals surface area contributed by atoms with Crippen LogP contribution in [0.2, 0.25) is 0 Å². The van der Waals surface area contributed by atoms with Gasteiger partial charge in [0.2, 0.25) is 0 Å². The minimum atomic E-state index is -0.639. The van der Waals surface area contributed by atoms with Crippen molar-refractivity contribution >= 4 is 5.91 Å². The summed E-state index contributed by atoms with van der Waals surface area (Å²) in [7, 11) is 1.95. The number of ether oxygens (including phenoxy) is 1. The van der Waals surface area contributed by atoms with Gasteiger partial charge < -0.3 is 14.2 Å². The Hall–Kier alpha value is -1.36. The summed E-state index contributed by atoms with van der Waals surface area (Å²) in [5.74, 6) is 0.998. The van der Waals surface area contributed by atoms with Crippen molar-refractivity contribution in [3.63, 3.8) is 0 Å². The molecule has 1 unspecified atom stereocenters. The lowest BCUT2D eigenvalue weighted by molar-refractivity contribution is -0.151. The van der Waals surface area contributed by atoms with Crippen molar-refractivity contribution in [2.45, 2.75) is 45.3 Å². The largest absolute Gasteiger partial charge is 0.365 e. The molecule has 1 aliphatic rings. The zero-order valence-corrected chi connectivity index (χ0v) is 12.1. The molecule has 1 aromatic rings. The molecule has 0 N–H and O–H groups in total. The first-order valence-corrected chi connectivity index (χ1v) is 6.96. The van der Waals surface area contributed by atoms with Crippen molar-refractivity contribution in [3.05, 3.63) is 18.2 Å². The SMILES string of the molecule is CCCN(Cc1nccn1C)C(=O)C1(C)CCCO1. The average molecular weight is 265 g/mol. The average Bonchev–Trinajstić information content (AvgIpc) is 2.99. The third kappa shape index (κ3) is 2.97. The second-order valence-corrected chi connectivity index (χ2v) is 5.36. The Labute approximate surface area is 114 Å². The molecule has 1 amide bonds. The van der Waals surface area contributed by atoms with Crippen molar-refractivity contribution in [1.29, 1.82) is 0 Å². The summed E-state index contributed by atoms with van der Waals surface area (Å²) in [5.41, 5.74) is -0.639. The van der Waals surface area contributed by atoms with Gasteiger partial charge in [-0.3, -0.25) is 4.79 Å². The van der Waals surface area contributed by atoms with E-state index in [1.165, 1.54) is 0 Å². The summed E-state index contributed by atoms with van der Waals surface area (Å²) in [4.78, 5) is 18.8. The Morgan fingerprint density at radius 3 is 2.95 bits per heavy atom. The van der Waals surface area contributed by atoms with Crippen LogP contribution in [0.1, 0.15) is 38.9 Å². The fraction of sp³-hybridized carbons (Fsp3) is 0.714. The normalized spacial score (nSPS) is 22.7. The first-order chi connectivity index (χ1) is 9.07. The Bertz CT molecular complexity index is 436. The van der Waals surface area contributed by atoms with E-state index in [1.54, 1.807) is 6.20 Å². The van der Waals surface area contributed by atoms with Gasteiger partial charge in [0, 0.05) is 32.6 Å². The van der Waals surface area contributed by atoms with E-state index in [0.29, 0.717) is 13.2 Å². The minimum absolute atomic E-state index is 0.0925. The third-order valence-electron chi connectivity index (χ3n) is 3.71. The molecule has 1 atom stereocenters. The van der Waals surface area contributed by atoms with Gasteiger partial charge in [-0.1, -0.05) is 6.92 Å². The third-order valence-corrected chi connectivity index (χ3v) is 3.71. The molecule has 19 heavy (non-hydrogen) atoms. The van der Waals surface area contributed by atoms with E-state index in [0.717, 1.165) is 31.6 Å². The molecule has 1 fully saturated rings. The molecule has 1 aromatic heterocycles. The molecule has 0 aliphatic carbocycles. The van der Waals surface area contributed by atoms with Crippen LogP contribution in [0.4, 0.5) is 0 Å². The summed E-state index contributed by atoms with van der Waals surface area (Å²) in [5, 5.41) is 0. The van der Waals surface area contributed by atoms with Gasteiger partial charge in [-0.15, -0.1) is 0 Å². The molecule has 5 heteroatoms. The van der Waals surface area contributed by atoms with Crippen LogP contribution in [-0.2, 0) is 23.1 Å². The number of amides is 1. The van der Waals surface area contributed by atoms with Gasteiger partial charge in [0.15, 0.2) is 0 Å². The molecular weight excluding hydrogens is 242 g/mol. The molecule has 2 heterocycles. The van der Waals surface area contributed by atoms with Gasteiger partial charge >= 0.3 is 0 Å². The van der Waals surface area contributed by atoms with E-state index in [9.17, 15) is 4.79 Å². The predicted molar refractivity (Wildman–Crippen MR) is 72.5 cm³/mol. The summed E-state index contributed by atoms with van der Waals surface area (Å²) in [6, 6.07) is 0. The van der Waals surface area contributed by atoms with Crippen LogP contribution in [0.25, 0.3) is 0 Å². The number of nitrogens with zero attached hydrogens (tertiary/aromatic N) is 3. The van der Waals surface area contributed by atoms with Crippen molar-refractivity contribution in [2.75, 3.05) is 13.2 Å². The van der Waals surface area contributed by atoms with Gasteiger partial charge in [0.25, 0.3) is 5.91 Å². The fourth-order valence-corrected chi connectivity index (χ4v) is 2.52. The topological polar surface area (TPSA) is 47.4 Å². The summed E-state index contributed by atoms with van der Waals surface area (Å²) >= 11 is 0. The van der Waals surface area contributed by atoms with E-state index in [4.69, 9.17) is 4.74 Å². The number of rotatable bonds is 5. The Morgan fingerprint density at radius 2 is 2.42 bits per heavy atom. The van der Waals surface area contributed by atoms with Crippen LogP contribution in [0.15, 0.2) is 12.4 Å². The number of carbonyl (C=O) groups is 1. The highest BCUT2D eigenvalue weighted by Crippen LogP contribution is 2.27. The maximum Gasteiger partial charge on any atom is 0.254 e. The zero-order valence-electron chi connectivity index (χ0n) is 12.1. The number of hydrogen-bond donors (Lipinski definition) is 0. The molecule has 1 aliphatic heterocycles. The lowest BCUT2D eigenvalue weighted by Gasteiger charge is -2.30. The number of imidazole rings is 1. The first kappa shape index (κ1) is 14.1. The number of aromatic nitrogens is 2. The van der Waals surface area contributed by atoms with Crippen molar-refractivity contribution in [3.8, 4) is 0 Å². The van der Waals surface area contributed by atoms with Crippen LogP contribution >= 0.6 is 0 Å². The summed E-state index contributed by atoms with van der Waals surface area (Å²) in [6.45, 7) is 5.96. The quantitative estimate of drug-likeness (QED) is 0.814. The lowest BCUT2D eigenvalue weighted by atomic mass is 10.0. The molecule has 0 radical (unpaired) electrons. The smallest absolute Gasteiger partial charge is 0.254 e. The summed E-state index contributed by atoms with van der Waals surface area (Å²) in [6.07, 6.45) is 6.37. The first-order valence-electron chi connectivity index (χ1n) is 6.96. The van der Waals surface area contributed by atoms with E-state index in [1.807, 2.05) is 29.6 Å². The van der Waals surface area contributed by atoms with Gasteiger partial charge in [0.1, 0.15) is 11.4 Å². The fourth-order valence-electron chi connectivity index (χ4n) is 2.52. The van der Waals surface area contributed by atoms with Crippen molar-refractivity contribution < 1.29 is 9.53 Å². The van der Waals surface area contributed by atoms with Gasteiger partial charge in [-0.05, 0) is 26.2 Å². The Morgan fingerprint density at radius 1 is 1.63 bits per heavy atom. The van der Waals surface area contributed by atoms with Crippen molar-refractivity contribution in [1.82, 2.24) is 14.5 Å². The predicted octanol–water partition coefficient (Wildman–Crippen LogP) is 1.73. The molecule has 5 nitrogen and oxygen atoms in total. The Balaban J connectivity index is 2.11. The second kappa shape index (κ2) is 5.74. The number of hydrogen-bond acceptors (Lipinski definition) is 3. The minimum Gasteiger partial charge on any atom is -0.365 e. The van der Waals surface area contributed by atoms with E-state index >= 15 is 0 Å². The van der Waals surface area contributed by atoms with Crippen molar-refractivity contribution in [2.24, 2.45) is 7.05 Å². The van der Waals surface area contributed by atoms with Gasteiger partial charge in [0.05, 0.1) is 6.54 Å². The van der Waals surface area contributed by atoms with Crippen LogP contribution in [0, 0.1) is 0 Å². The van der Waals surface area contributed by atoms with Crippen LogP contribution in [0.3, 0.4) is 0 Å². The van der Waals surface area contributed by atoms with E-state index in [2.05, 4.69) is 11.9 Å². The number of aryl methyl sites for hydroxylation is 1. The molecular formula is C14H23N3O2. The van der Waals surface area contributed by atoms with Crippen LogP contribution in [-0.4, -0.2) is 39.1 Å². The zero-order chi connectivity index (χ0) is 13.9.